The fourth-order valence-corrected chi connectivity index (χ4v) is 3.77. The molecule has 0 amide bonds. The van der Waals surface area contributed by atoms with Gasteiger partial charge < -0.3 is 10.6 Å². The van der Waals surface area contributed by atoms with E-state index in [0.717, 1.165) is 24.1 Å². The number of hydrogen-bond donors (Lipinski definition) is 3. The number of rotatable bonds is 4. The van der Waals surface area contributed by atoms with Crippen LogP contribution >= 0.6 is 0 Å². The fourth-order valence-electron chi connectivity index (χ4n) is 3.26. The van der Waals surface area contributed by atoms with E-state index in [1.54, 1.807) is 24.4 Å². The van der Waals surface area contributed by atoms with Crippen molar-refractivity contribution >= 4 is 16.0 Å². The van der Waals surface area contributed by atoms with E-state index in [0.29, 0.717) is 11.6 Å². The molecule has 8 heteroatoms. The molecule has 0 bridgehead atoms. The van der Waals surface area contributed by atoms with E-state index in [1.165, 1.54) is 12.1 Å². The third kappa shape index (κ3) is 4.39. The SMILES string of the molecule is C=C1CC(Nc2nccc(-c3ccc(S(N)(=O)=O)cc3)n2)CC(C)(C)N1. The number of benzene rings is 1. The Morgan fingerprint density at radius 2 is 1.96 bits per heavy atom. The van der Waals surface area contributed by atoms with Crippen LogP contribution in [0.25, 0.3) is 11.3 Å². The van der Waals surface area contributed by atoms with Gasteiger partial charge in [0.25, 0.3) is 0 Å². The lowest BCUT2D eigenvalue weighted by Gasteiger charge is -2.38. The smallest absolute Gasteiger partial charge is 0.238 e. The topological polar surface area (TPSA) is 110 Å². The Bertz CT molecular complexity index is 923. The van der Waals surface area contributed by atoms with Crippen LogP contribution in [0, 0.1) is 0 Å². The first-order chi connectivity index (χ1) is 12.1. The van der Waals surface area contributed by atoms with Gasteiger partial charge in [-0.15, -0.1) is 0 Å². The average molecular weight is 373 g/mol. The van der Waals surface area contributed by atoms with Crippen LogP contribution in [-0.4, -0.2) is 30.0 Å². The maximum atomic E-state index is 11.4. The molecule has 1 unspecified atom stereocenters. The van der Waals surface area contributed by atoms with Crippen LogP contribution in [0.1, 0.15) is 26.7 Å². The zero-order valence-corrected chi connectivity index (χ0v) is 15.7. The number of nitrogens with zero attached hydrogens (tertiary/aromatic N) is 2. The minimum atomic E-state index is -3.70. The van der Waals surface area contributed by atoms with Crippen LogP contribution in [0.2, 0.25) is 0 Å². The molecule has 138 valence electrons. The van der Waals surface area contributed by atoms with Crippen molar-refractivity contribution in [2.45, 2.75) is 43.2 Å². The second kappa shape index (κ2) is 6.69. The number of primary sulfonamides is 1. The standard InChI is InChI=1S/C18H23N5O2S/c1-12-10-14(11-18(2,3)23-12)21-17-20-9-8-16(22-17)13-4-6-15(7-5-13)26(19,24)25/h4-9,14,23H,1,10-11H2,2-3H3,(H2,19,24,25)(H,20,21,22). The Labute approximate surface area is 153 Å². The summed E-state index contributed by atoms with van der Waals surface area (Å²) in [5.41, 5.74) is 2.45. The molecule has 0 radical (unpaired) electrons. The second-order valence-electron chi connectivity index (χ2n) is 7.20. The number of anilines is 1. The van der Waals surface area contributed by atoms with Gasteiger partial charge in [-0.1, -0.05) is 18.7 Å². The number of hydrogen-bond acceptors (Lipinski definition) is 6. The second-order valence-corrected chi connectivity index (χ2v) is 8.76. The number of nitrogens with one attached hydrogen (secondary N) is 2. The quantitative estimate of drug-likeness (QED) is 0.758. The van der Waals surface area contributed by atoms with Crippen LogP contribution in [0.3, 0.4) is 0 Å². The van der Waals surface area contributed by atoms with Crippen molar-refractivity contribution in [2.75, 3.05) is 5.32 Å². The van der Waals surface area contributed by atoms with E-state index in [9.17, 15) is 8.42 Å². The summed E-state index contributed by atoms with van der Waals surface area (Å²) in [5, 5.41) is 11.9. The summed E-state index contributed by atoms with van der Waals surface area (Å²) in [4.78, 5) is 8.92. The third-order valence-corrected chi connectivity index (χ3v) is 5.16. The van der Waals surface area contributed by atoms with E-state index in [-0.39, 0.29) is 16.5 Å². The zero-order chi connectivity index (χ0) is 18.9. The zero-order valence-electron chi connectivity index (χ0n) is 14.9. The largest absolute Gasteiger partial charge is 0.384 e. The minimum Gasteiger partial charge on any atom is -0.384 e. The van der Waals surface area contributed by atoms with Gasteiger partial charge in [0.05, 0.1) is 10.6 Å². The Hall–Kier alpha value is -2.45. The Kier molecular flexibility index (Phi) is 4.72. The summed E-state index contributed by atoms with van der Waals surface area (Å²) < 4.78 is 22.7. The molecule has 1 aliphatic rings. The van der Waals surface area contributed by atoms with Crippen molar-refractivity contribution in [3.8, 4) is 11.3 Å². The lowest BCUT2D eigenvalue weighted by Crippen LogP contribution is -2.48. The van der Waals surface area contributed by atoms with Crippen molar-refractivity contribution in [3.63, 3.8) is 0 Å². The molecule has 0 saturated carbocycles. The van der Waals surface area contributed by atoms with E-state index in [2.05, 4.69) is 41.0 Å². The third-order valence-electron chi connectivity index (χ3n) is 4.23. The average Bonchev–Trinajstić information content (AvgIpc) is 2.52. The molecule has 3 rings (SSSR count). The first kappa shape index (κ1) is 18.3. The lowest BCUT2D eigenvalue weighted by molar-refractivity contribution is 0.324. The van der Waals surface area contributed by atoms with E-state index in [4.69, 9.17) is 5.14 Å². The highest BCUT2D eigenvalue weighted by Crippen LogP contribution is 2.26. The first-order valence-electron chi connectivity index (χ1n) is 8.31. The van der Waals surface area contributed by atoms with E-state index in [1.807, 2.05) is 0 Å². The molecule has 7 nitrogen and oxygen atoms in total. The number of sulfonamides is 1. The van der Waals surface area contributed by atoms with Crippen molar-refractivity contribution in [2.24, 2.45) is 5.14 Å². The van der Waals surface area contributed by atoms with Gasteiger partial charge in [0.1, 0.15) is 0 Å². The van der Waals surface area contributed by atoms with Crippen LogP contribution in [0.5, 0.6) is 0 Å². The van der Waals surface area contributed by atoms with Crippen LogP contribution in [0.4, 0.5) is 5.95 Å². The highest BCUT2D eigenvalue weighted by Gasteiger charge is 2.29. The van der Waals surface area contributed by atoms with Crippen LogP contribution in [0.15, 0.2) is 53.7 Å². The van der Waals surface area contributed by atoms with Gasteiger partial charge in [0.15, 0.2) is 0 Å². The van der Waals surface area contributed by atoms with Gasteiger partial charge in [-0.3, -0.25) is 0 Å². The molecule has 1 saturated heterocycles. The molecule has 1 aliphatic heterocycles. The monoisotopic (exact) mass is 373 g/mol. The van der Waals surface area contributed by atoms with Crippen molar-refractivity contribution in [1.29, 1.82) is 0 Å². The maximum absolute atomic E-state index is 11.4. The maximum Gasteiger partial charge on any atom is 0.238 e. The molecule has 1 atom stereocenters. The van der Waals surface area contributed by atoms with Crippen molar-refractivity contribution in [1.82, 2.24) is 15.3 Å². The lowest BCUT2D eigenvalue weighted by atomic mass is 9.88. The van der Waals surface area contributed by atoms with E-state index < -0.39 is 10.0 Å². The summed E-state index contributed by atoms with van der Waals surface area (Å²) in [7, 11) is -3.70. The minimum absolute atomic E-state index is 0.0336. The highest BCUT2D eigenvalue weighted by molar-refractivity contribution is 7.89. The Morgan fingerprint density at radius 3 is 2.58 bits per heavy atom. The predicted molar refractivity (Wildman–Crippen MR) is 102 cm³/mol. The van der Waals surface area contributed by atoms with Gasteiger partial charge in [-0.2, -0.15) is 0 Å². The summed E-state index contributed by atoms with van der Waals surface area (Å²) in [6, 6.07) is 8.28. The molecule has 1 fully saturated rings. The number of nitrogens with two attached hydrogens (primary N) is 1. The molecule has 1 aromatic carbocycles. The first-order valence-corrected chi connectivity index (χ1v) is 9.86. The van der Waals surface area contributed by atoms with Crippen LogP contribution in [-0.2, 0) is 10.0 Å². The molecule has 0 aliphatic carbocycles. The summed E-state index contributed by atoms with van der Waals surface area (Å²) in [6.07, 6.45) is 3.40. The highest BCUT2D eigenvalue weighted by atomic mass is 32.2. The van der Waals surface area contributed by atoms with Crippen molar-refractivity contribution < 1.29 is 8.42 Å². The van der Waals surface area contributed by atoms with Gasteiger partial charge in [-0.05, 0) is 38.5 Å². The number of aromatic nitrogens is 2. The molecule has 1 aromatic heterocycles. The molecule has 4 N–H and O–H groups in total. The van der Waals surface area contributed by atoms with Crippen LogP contribution < -0.4 is 15.8 Å². The molecular weight excluding hydrogens is 350 g/mol. The Morgan fingerprint density at radius 1 is 1.27 bits per heavy atom. The molecular formula is C18H23N5O2S. The molecule has 26 heavy (non-hydrogen) atoms. The predicted octanol–water partition coefficient (Wildman–Crippen LogP) is 2.25. The van der Waals surface area contributed by atoms with Gasteiger partial charge in [-0.25, -0.2) is 23.5 Å². The summed E-state index contributed by atoms with van der Waals surface area (Å²) in [5.74, 6) is 0.536. The van der Waals surface area contributed by atoms with Gasteiger partial charge >= 0.3 is 0 Å². The number of piperidine rings is 1. The normalized spacial score (nSPS) is 19.7. The van der Waals surface area contributed by atoms with Crippen molar-refractivity contribution in [3.05, 3.63) is 48.8 Å². The fraction of sp³-hybridized carbons (Fsp3) is 0.333. The van der Waals surface area contributed by atoms with E-state index >= 15 is 0 Å². The van der Waals surface area contributed by atoms with Gasteiger partial charge in [0, 0.05) is 35.5 Å². The Balaban J connectivity index is 1.79. The summed E-state index contributed by atoms with van der Waals surface area (Å²) in [6.45, 7) is 8.31. The molecule has 2 heterocycles. The van der Waals surface area contributed by atoms with Gasteiger partial charge in [0.2, 0.25) is 16.0 Å². The molecule has 2 aromatic rings. The molecule has 0 spiro atoms. The summed E-state index contributed by atoms with van der Waals surface area (Å²) >= 11 is 0.